The predicted molar refractivity (Wildman–Crippen MR) is 119 cm³/mol. The number of amides is 2. The smallest absolute Gasteiger partial charge is 0.289 e. The lowest BCUT2D eigenvalue weighted by atomic mass is 10.1. The quantitative estimate of drug-likeness (QED) is 0.630. The lowest BCUT2D eigenvalue weighted by molar-refractivity contribution is -0.117. The van der Waals surface area contributed by atoms with E-state index in [1.165, 1.54) is 18.4 Å². The van der Waals surface area contributed by atoms with Gasteiger partial charge in [0.1, 0.15) is 5.82 Å². The Morgan fingerprint density at radius 2 is 1.56 bits per heavy atom. The highest BCUT2D eigenvalue weighted by Crippen LogP contribution is 2.28. The molecule has 0 aliphatic carbocycles. The Kier molecular flexibility index (Phi) is 5.49. The van der Waals surface area contributed by atoms with Crippen LogP contribution in [-0.4, -0.2) is 60.4 Å². The first-order valence-corrected chi connectivity index (χ1v) is 10.8. The number of halogens is 1. The Balaban J connectivity index is 1.20. The van der Waals surface area contributed by atoms with Crippen molar-refractivity contribution in [1.29, 1.82) is 0 Å². The third kappa shape index (κ3) is 4.03. The first-order valence-electron chi connectivity index (χ1n) is 10.8. The Bertz CT molecular complexity index is 1090. The van der Waals surface area contributed by atoms with Crippen molar-refractivity contribution in [2.75, 3.05) is 37.6 Å². The van der Waals surface area contributed by atoms with Gasteiger partial charge >= 0.3 is 0 Å². The fraction of sp³-hybridized carbons (Fsp3) is 0.280. The molecule has 1 aromatic heterocycles. The lowest BCUT2D eigenvalue weighted by Gasteiger charge is -2.37. The topological polar surface area (TPSA) is 57.0 Å². The van der Waals surface area contributed by atoms with Crippen molar-refractivity contribution >= 4 is 17.5 Å². The second kappa shape index (κ2) is 8.59. The minimum Gasteiger partial charge on any atom is -0.459 e. The monoisotopic (exact) mass is 433 g/mol. The third-order valence-corrected chi connectivity index (χ3v) is 6.31. The van der Waals surface area contributed by atoms with Crippen LogP contribution in [0.4, 0.5) is 10.1 Å². The summed E-state index contributed by atoms with van der Waals surface area (Å²) in [7, 11) is 0. The fourth-order valence-corrected chi connectivity index (χ4v) is 4.51. The SMILES string of the molecule is O=C(c1ccco1)N1CCN([C@H]2CC(=O)N(c3ccc(-c4ccc(F)cc4)cc3)C2)CC1. The Hall–Kier alpha value is -3.45. The maximum Gasteiger partial charge on any atom is 0.289 e. The van der Waals surface area contributed by atoms with Gasteiger partial charge in [0.25, 0.3) is 5.91 Å². The molecular formula is C25H24FN3O3. The second-order valence-electron chi connectivity index (χ2n) is 8.22. The Labute approximate surface area is 185 Å². The molecule has 5 rings (SSSR count). The van der Waals surface area contributed by atoms with Crippen LogP contribution in [0.15, 0.2) is 71.3 Å². The number of carbonyl (C=O) groups excluding carboxylic acids is 2. The lowest BCUT2D eigenvalue weighted by Crippen LogP contribution is -2.52. The molecule has 2 aromatic carbocycles. The normalized spacial score (nSPS) is 19.5. The molecule has 2 amide bonds. The van der Waals surface area contributed by atoms with Gasteiger partial charge in [-0.25, -0.2) is 4.39 Å². The number of benzene rings is 2. The summed E-state index contributed by atoms with van der Waals surface area (Å²) in [5.41, 5.74) is 2.79. The molecule has 7 heteroatoms. The van der Waals surface area contributed by atoms with Gasteiger partial charge in [-0.1, -0.05) is 24.3 Å². The molecule has 32 heavy (non-hydrogen) atoms. The average Bonchev–Trinajstić information content (AvgIpc) is 3.50. The van der Waals surface area contributed by atoms with Gasteiger partial charge in [0.05, 0.1) is 6.26 Å². The first-order chi connectivity index (χ1) is 15.6. The van der Waals surface area contributed by atoms with Gasteiger partial charge in [-0.05, 0) is 47.5 Å². The molecular weight excluding hydrogens is 409 g/mol. The molecule has 0 spiro atoms. The van der Waals surface area contributed by atoms with E-state index in [1.54, 1.807) is 29.2 Å². The summed E-state index contributed by atoms with van der Waals surface area (Å²) in [5.74, 6) is 0.133. The van der Waals surface area contributed by atoms with Crippen LogP contribution < -0.4 is 4.90 Å². The predicted octanol–water partition coefficient (Wildman–Crippen LogP) is 3.65. The summed E-state index contributed by atoms with van der Waals surface area (Å²) in [6, 6.07) is 17.7. The molecule has 0 unspecified atom stereocenters. The molecule has 2 fully saturated rings. The van der Waals surface area contributed by atoms with Crippen molar-refractivity contribution in [2.45, 2.75) is 12.5 Å². The van der Waals surface area contributed by atoms with Gasteiger partial charge < -0.3 is 14.2 Å². The third-order valence-electron chi connectivity index (χ3n) is 6.31. The van der Waals surface area contributed by atoms with Gasteiger partial charge in [-0.2, -0.15) is 0 Å². The minimum atomic E-state index is -0.259. The molecule has 0 bridgehead atoms. The van der Waals surface area contributed by atoms with Gasteiger partial charge in [0.15, 0.2) is 5.76 Å². The summed E-state index contributed by atoms with van der Waals surface area (Å²) in [6.45, 7) is 3.36. The van der Waals surface area contributed by atoms with Crippen molar-refractivity contribution in [3.63, 3.8) is 0 Å². The van der Waals surface area contributed by atoms with Crippen molar-refractivity contribution in [2.24, 2.45) is 0 Å². The molecule has 2 aliphatic heterocycles. The average molecular weight is 433 g/mol. The molecule has 2 aliphatic rings. The number of anilines is 1. The van der Waals surface area contributed by atoms with Crippen LogP contribution in [0, 0.1) is 5.82 Å². The number of furan rings is 1. The van der Waals surface area contributed by atoms with E-state index in [9.17, 15) is 14.0 Å². The number of hydrogen-bond donors (Lipinski definition) is 0. The number of piperazine rings is 1. The summed E-state index contributed by atoms with van der Waals surface area (Å²) < 4.78 is 18.4. The highest BCUT2D eigenvalue weighted by Gasteiger charge is 2.36. The Morgan fingerprint density at radius 3 is 2.19 bits per heavy atom. The summed E-state index contributed by atoms with van der Waals surface area (Å²) in [4.78, 5) is 31.1. The van der Waals surface area contributed by atoms with Crippen molar-refractivity contribution in [3.05, 3.63) is 78.5 Å². The van der Waals surface area contributed by atoms with Crippen LogP contribution in [-0.2, 0) is 4.79 Å². The molecule has 0 radical (unpaired) electrons. The first kappa shape index (κ1) is 20.5. The molecule has 3 aromatic rings. The standard InChI is InChI=1S/C25H24FN3O3/c26-20-7-3-18(4-8-20)19-5-9-21(10-6-19)29-17-22(16-24(29)30)27-11-13-28(14-12-27)25(31)23-2-1-15-32-23/h1-10,15,22H,11-14,16-17H2/t22-/m0/s1. The summed E-state index contributed by atoms with van der Waals surface area (Å²) >= 11 is 0. The van der Waals surface area contributed by atoms with Crippen LogP contribution >= 0.6 is 0 Å². The zero-order valence-electron chi connectivity index (χ0n) is 17.6. The van der Waals surface area contributed by atoms with Gasteiger partial charge in [-0.3, -0.25) is 14.5 Å². The van der Waals surface area contributed by atoms with E-state index in [2.05, 4.69) is 4.90 Å². The molecule has 0 saturated carbocycles. The molecule has 164 valence electrons. The van der Waals surface area contributed by atoms with Crippen LogP contribution in [0.3, 0.4) is 0 Å². The van der Waals surface area contributed by atoms with Crippen molar-refractivity contribution < 1.29 is 18.4 Å². The number of carbonyl (C=O) groups is 2. The largest absolute Gasteiger partial charge is 0.459 e. The van der Waals surface area contributed by atoms with Crippen LogP contribution in [0.5, 0.6) is 0 Å². The maximum atomic E-state index is 13.2. The van der Waals surface area contributed by atoms with Crippen LogP contribution in [0.2, 0.25) is 0 Å². The molecule has 1 atom stereocenters. The fourth-order valence-electron chi connectivity index (χ4n) is 4.51. The zero-order valence-corrected chi connectivity index (χ0v) is 17.6. The van der Waals surface area contributed by atoms with E-state index in [0.717, 1.165) is 29.9 Å². The number of hydrogen-bond acceptors (Lipinski definition) is 4. The van der Waals surface area contributed by atoms with Crippen molar-refractivity contribution in [3.8, 4) is 11.1 Å². The zero-order chi connectivity index (χ0) is 22.1. The molecule has 0 N–H and O–H groups in total. The van der Waals surface area contributed by atoms with Crippen molar-refractivity contribution in [1.82, 2.24) is 9.80 Å². The molecule has 2 saturated heterocycles. The Morgan fingerprint density at radius 1 is 0.906 bits per heavy atom. The minimum absolute atomic E-state index is 0.0833. The maximum absolute atomic E-state index is 13.2. The van der Waals surface area contributed by atoms with Gasteiger partial charge in [-0.15, -0.1) is 0 Å². The van der Waals surface area contributed by atoms with E-state index >= 15 is 0 Å². The van der Waals surface area contributed by atoms with E-state index in [4.69, 9.17) is 4.42 Å². The number of rotatable bonds is 4. The molecule has 3 heterocycles. The van der Waals surface area contributed by atoms with Crippen LogP contribution in [0.25, 0.3) is 11.1 Å². The summed E-state index contributed by atoms with van der Waals surface area (Å²) in [6.07, 6.45) is 1.99. The van der Waals surface area contributed by atoms with E-state index < -0.39 is 0 Å². The second-order valence-corrected chi connectivity index (χ2v) is 8.22. The summed E-state index contributed by atoms with van der Waals surface area (Å²) in [5, 5.41) is 0. The highest BCUT2D eigenvalue weighted by atomic mass is 19.1. The van der Waals surface area contributed by atoms with Gasteiger partial charge in [0.2, 0.25) is 5.91 Å². The highest BCUT2D eigenvalue weighted by molar-refractivity contribution is 5.96. The van der Waals surface area contributed by atoms with E-state index in [-0.39, 0.29) is 23.7 Å². The van der Waals surface area contributed by atoms with E-state index in [1.807, 2.05) is 29.2 Å². The number of nitrogens with zero attached hydrogens (tertiary/aromatic N) is 3. The van der Waals surface area contributed by atoms with Crippen LogP contribution in [0.1, 0.15) is 17.0 Å². The van der Waals surface area contributed by atoms with Gasteiger partial charge in [0, 0.05) is 50.9 Å². The van der Waals surface area contributed by atoms with E-state index in [0.29, 0.717) is 31.8 Å². The molecule has 6 nitrogen and oxygen atoms in total.